The summed E-state index contributed by atoms with van der Waals surface area (Å²) in [6.45, 7) is 1.76. The molecular weight excluding hydrogens is 356 g/mol. The van der Waals surface area contributed by atoms with Crippen LogP contribution in [0.3, 0.4) is 0 Å². The number of carbonyl (C=O) groups excluding carboxylic acids is 2. The summed E-state index contributed by atoms with van der Waals surface area (Å²) >= 11 is 0. The Labute approximate surface area is 164 Å². The van der Waals surface area contributed by atoms with E-state index >= 15 is 0 Å². The summed E-state index contributed by atoms with van der Waals surface area (Å²) in [5, 5.41) is 9.18. The third-order valence-electron chi connectivity index (χ3n) is 4.95. The molecule has 0 radical (unpaired) electrons. The summed E-state index contributed by atoms with van der Waals surface area (Å²) in [4.78, 5) is 40.2. The molecular formula is C22H24N2O4. The molecule has 1 fully saturated rings. The number of anilines is 1. The van der Waals surface area contributed by atoms with Gasteiger partial charge in [0.1, 0.15) is 0 Å². The molecule has 0 aromatic heterocycles. The molecule has 0 aliphatic heterocycles. The van der Waals surface area contributed by atoms with Crippen LogP contribution in [-0.2, 0) is 4.79 Å². The van der Waals surface area contributed by atoms with Gasteiger partial charge in [-0.2, -0.15) is 0 Å². The van der Waals surface area contributed by atoms with E-state index in [0.717, 1.165) is 18.5 Å². The summed E-state index contributed by atoms with van der Waals surface area (Å²) in [6.07, 6.45) is 1.76. The maximum Gasteiger partial charge on any atom is 0.308 e. The average Bonchev–Trinajstić information content (AvgIpc) is 3.56. The summed E-state index contributed by atoms with van der Waals surface area (Å²) in [7, 11) is 1.69. The van der Waals surface area contributed by atoms with Crippen molar-refractivity contribution in [1.82, 2.24) is 4.90 Å². The molecule has 146 valence electrons. The van der Waals surface area contributed by atoms with Gasteiger partial charge in [0.25, 0.3) is 11.8 Å². The van der Waals surface area contributed by atoms with Crippen LogP contribution in [0.5, 0.6) is 0 Å². The lowest BCUT2D eigenvalue weighted by atomic mass is 10.1. The van der Waals surface area contributed by atoms with Gasteiger partial charge in [-0.15, -0.1) is 0 Å². The zero-order chi connectivity index (χ0) is 20.3. The van der Waals surface area contributed by atoms with Gasteiger partial charge in [0.05, 0.1) is 5.92 Å². The Morgan fingerprint density at radius 3 is 2.18 bits per heavy atom. The van der Waals surface area contributed by atoms with Crippen LogP contribution in [0.4, 0.5) is 5.69 Å². The first-order valence-electron chi connectivity index (χ1n) is 9.35. The fourth-order valence-corrected chi connectivity index (χ4v) is 3.07. The lowest BCUT2D eigenvalue weighted by molar-refractivity contribution is -0.141. The average molecular weight is 380 g/mol. The predicted molar refractivity (Wildman–Crippen MR) is 106 cm³/mol. The van der Waals surface area contributed by atoms with Gasteiger partial charge in [0, 0.05) is 36.4 Å². The number of rotatable bonds is 7. The topological polar surface area (TPSA) is 77.9 Å². The van der Waals surface area contributed by atoms with Crippen molar-refractivity contribution >= 4 is 23.5 Å². The highest BCUT2D eigenvalue weighted by Gasteiger charge is 2.35. The van der Waals surface area contributed by atoms with E-state index in [9.17, 15) is 19.5 Å². The van der Waals surface area contributed by atoms with Crippen LogP contribution in [0.2, 0.25) is 0 Å². The van der Waals surface area contributed by atoms with E-state index in [1.165, 1.54) is 4.90 Å². The van der Waals surface area contributed by atoms with Crippen LogP contribution in [-0.4, -0.2) is 47.4 Å². The third kappa shape index (κ3) is 4.39. The second-order valence-corrected chi connectivity index (χ2v) is 7.21. The predicted octanol–water partition coefficient (Wildman–Crippen LogP) is 3.29. The molecule has 0 spiro atoms. The van der Waals surface area contributed by atoms with E-state index in [1.807, 2.05) is 30.3 Å². The van der Waals surface area contributed by atoms with Gasteiger partial charge >= 0.3 is 5.97 Å². The fourth-order valence-electron chi connectivity index (χ4n) is 3.07. The normalized spacial score (nSPS) is 14.2. The van der Waals surface area contributed by atoms with Gasteiger partial charge in [-0.25, -0.2) is 0 Å². The Kier molecular flexibility index (Phi) is 5.78. The van der Waals surface area contributed by atoms with Gasteiger partial charge in [0.2, 0.25) is 0 Å². The first-order chi connectivity index (χ1) is 13.4. The van der Waals surface area contributed by atoms with Crippen LogP contribution in [0.1, 0.15) is 40.5 Å². The van der Waals surface area contributed by atoms with Gasteiger partial charge in [-0.1, -0.05) is 31.2 Å². The second kappa shape index (κ2) is 8.25. The Morgan fingerprint density at radius 1 is 1.00 bits per heavy atom. The maximum atomic E-state index is 13.0. The lowest BCUT2D eigenvalue weighted by Crippen LogP contribution is -2.38. The van der Waals surface area contributed by atoms with Crippen molar-refractivity contribution in [2.24, 2.45) is 5.92 Å². The minimum absolute atomic E-state index is 0.0839. The van der Waals surface area contributed by atoms with Gasteiger partial charge < -0.3 is 14.9 Å². The molecule has 1 aliphatic rings. The molecule has 1 aliphatic carbocycles. The Hall–Kier alpha value is -3.15. The Morgan fingerprint density at radius 2 is 1.61 bits per heavy atom. The van der Waals surface area contributed by atoms with Crippen LogP contribution in [0, 0.1) is 5.92 Å². The SMILES string of the molecule is CC(CN(C(=O)c1cccc(C(=O)N(C)c2ccccc2)c1)C1CC1)C(=O)O. The number of aliphatic carboxylic acids is 1. The molecule has 3 rings (SSSR count). The molecule has 6 heteroatoms. The number of hydrogen-bond donors (Lipinski definition) is 1. The largest absolute Gasteiger partial charge is 0.481 e. The molecule has 1 atom stereocenters. The number of carbonyl (C=O) groups is 3. The van der Waals surface area contributed by atoms with E-state index in [0.29, 0.717) is 11.1 Å². The zero-order valence-corrected chi connectivity index (χ0v) is 16.0. The Bertz CT molecular complexity index is 877. The number of hydrogen-bond acceptors (Lipinski definition) is 3. The first-order valence-corrected chi connectivity index (χ1v) is 9.35. The molecule has 28 heavy (non-hydrogen) atoms. The molecule has 2 aromatic carbocycles. The summed E-state index contributed by atoms with van der Waals surface area (Å²) < 4.78 is 0. The number of amides is 2. The molecule has 0 bridgehead atoms. The zero-order valence-electron chi connectivity index (χ0n) is 16.0. The van der Waals surface area contributed by atoms with Crippen molar-refractivity contribution < 1.29 is 19.5 Å². The highest BCUT2D eigenvalue weighted by molar-refractivity contribution is 6.07. The number of nitrogens with zero attached hydrogens (tertiary/aromatic N) is 2. The highest BCUT2D eigenvalue weighted by Crippen LogP contribution is 2.29. The molecule has 1 N–H and O–H groups in total. The van der Waals surface area contributed by atoms with Crippen LogP contribution >= 0.6 is 0 Å². The molecule has 6 nitrogen and oxygen atoms in total. The third-order valence-corrected chi connectivity index (χ3v) is 4.95. The fraction of sp³-hybridized carbons (Fsp3) is 0.318. The number of carboxylic acids is 1. The lowest BCUT2D eigenvalue weighted by Gasteiger charge is -2.25. The molecule has 1 saturated carbocycles. The number of para-hydroxylation sites is 1. The number of carboxylic acid groups (broad SMARTS) is 1. The molecule has 0 heterocycles. The second-order valence-electron chi connectivity index (χ2n) is 7.21. The molecule has 1 unspecified atom stereocenters. The molecule has 0 saturated heterocycles. The summed E-state index contributed by atoms with van der Waals surface area (Å²) in [5.41, 5.74) is 1.58. The van der Waals surface area contributed by atoms with E-state index in [4.69, 9.17) is 0 Å². The highest BCUT2D eigenvalue weighted by atomic mass is 16.4. The monoisotopic (exact) mass is 380 g/mol. The smallest absolute Gasteiger partial charge is 0.308 e. The molecule has 2 aromatic rings. The van der Waals surface area contributed by atoms with Crippen molar-refractivity contribution in [1.29, 1.82) is 0 Å². The van der Waals surface area contributed by atoms with Gasteiger partial charge in [0.15, 0.2) is 0 Å². The summed E-state index contributed by atoms with van der Waals surface area (Å²) in [6, 6.07) is 16.0. The van der Waals surface area contributed by atoms with Crippen molar-refractivity contribution in [3.05, 3.63) is 65.7 Å². The van der Waals surface area contributed by atoms with Crippen LogP contribution in [0.15, 0.2) is 54.6 Å². The first kappa shape index (κ1) is 19.6. The minimum atomic E-state index is -0.924. The van der Waals surface area contributed by atoms with E-state index in [-0.39, 0.29) is 24.4 Å². The van der Waals surface area contributed by atoms with E-state index in [2.05, 4.69) is 0 Å². The molecule has 2 amide bonds. The van der Waals surface area contributed by atoms with Gasteiger partial charge in [-0.3, -0.25) is 14.4 Å². The van der Waals surface area contributed by atoms with Gasteiger partial charge in [-0.05, 0) is 43.2 Å². The van der Waals surface area contributed by atoms with Crippen molar-refractivity contribution in [2.45, 2.75) is 25.8 Å². The minimum Gasteiger partial charge on any atom is -0.481 e. The maximum absolute atomic E-state index is 13.0. The summed E-state index contributed by atoms with van der Waals surface area (Å²) in [5.74, 6) is -2.00. The van der Waals surface area contributed by atoms with Crippen molar-refractivity contribution in [3.8, 4) is 0 Å². The number of benzene rings is 2. The van der Waals surface area contributed by atoms with Crippen molar-refractivity contribution in [3.63, 3.8) is 0 Å². The van der Waals surface area contributed by atoms with Crippen LogP contribution < -0.4 is 4.90 Å². The Balaban J connectivity index is 1.80. The van der Waals surface area contributed by atoms with E-state index < -0.39 is 11.9 Å². The van der Waals surface area contributed by atoms with Crippen LogP contribution in [0.25, 0.3) is 0 Å². The van der Waals surface area contributed by atoms with E-state index in [1.54, 1.807) is 43.1 Å². The van der Waals surface area contributed by atoms with Crippen molar-refractivity contribution in [2.75, 3.05) is 18.5 Å². The standard InChI is InChI=1S/C22H24N2O4/c1-15(22(27)28)14-24(19-11-12-19)21(26)17-8-6-7-16(13-17)20(25)23(2)18-9-4-3-5-10-18/h3-10,13,15,19H,11-12,14H2,1-2H3,(H,27,28). The quantitative estimate of drug-likeness (QED) is 0.800.